The number of aromatic nitrogens is 1. The maximum absolute atomic E-state index is 13.3. The fraction of sp³-hybridized carbons (Fsp3) is 0.526. The molecule has 1 heterocycles. The summed E-state index contributed by atoms with van der Waals surface area (Å²) >= 11 is 0. The van der Waals surface area contributed by atoms with Crippen molar-refractivity contribution in [2.45, 2.75) is 26.7 Å². The lowest BCUT2D eigenvalue weighted by Gasteiger charge is -2.25. The van der Waals surface area contributed by atoms with Crippen molar-refractivity contribution < 1.29 is 12.8 Å². The average Bonchev–Trinajstić information content (AvgIpc) is 2.98. The number of halogens is 2. The van der Waals surface area contributed by atoms with Crippen LogP contribution >= 0.6 is 24.0 Å². The minimum Gasteiger partial charge on any atom is -0.361 e. The Labute approximate surface area is 183 Å². The molecule has 1 aromatic heterocycles. The van der Waals surface area contributed by atoms with Crippen LogP contribution < -0.4 is 10.6 Å². The largest absolute Gasteiger partial charge is 0.361 e. The summed E-state index contributed by atoms with van der Waals surface area (Å²) in [4.78, 5) is 7.30. The van der Waals surface area contributed by atoms with Crippen molar-refractivity contribution in [3.63, 3.8) is 0 Å². The molecule has 0 aliphatic carbocycles. The van der Waals surface area contributed by atoms with Crippen molar-refractivity contribution >= 4 is 50.7 Å². The maximum atomic E-state index is 13.3. The molecule has 0 aliphatic rings. The molecule has 0 unspecified atom stereocenters. The number of nitrogens with one attached hydrogen (secondary N) is 3. The van der Waals surface area contributed by atoms with E-state index >= 15 is 0 Å². The van der Waals surface area contributed by atoms with Gasteiger partial charge >= 0.3 is 0 Å². The van der Waals surface area contributed by atoms with Crippen molar-refractivity contribution in [3.8, 4) is 0 Å². The first kappa shape index (κ1) is 24.7. The van der Waals surface area contributed by atoms with Crippen molar-refractivity contribution in [2.24, 2.45) is 10.4 Å². The van der Waals surface area contributed by atoms with Gasteiger partial charge in [0.25, 0.3) is 0 Å². The quantitative estimate of drug-likeness (QED) is 0.282. The van der Waals surface area contributed by atoms with Crippen LogP contribution in [0, 0.1) is 11.2 Å². The molecule has 0 spiro atoms. The number of fused-ring (bicyclic) bond motifs is 1. The molecule has 0 radical (unpaired) electrons. The first-order chi connectivity index (χ1) is 12.6. The van der Waals surface area contributed by atoms with Gasteiger partial charge in [0.1, 0.15) is 15.7 Å². The minimum atomic E-state index is -2.96. The predicted octanol–water partition coefficient (Wildman–Crippen LogP) is 3.09. The molecule has 1 aromatic carbocycles. The van der Waals surface area contributed by atoms with E-state index in [9.17, 15) is 12.8 Å². The molecule has 0 fully saturated rings. The first-order valence-electron chi connectivity index (χ1n) is 8.97. The molecule has 6 nitrogen and oxygen atoms in total. The fourth-order valence-electron chi connectivity index (χ4n) is 2.77. The van der Waals surface area contributed by atoms with Crippen LogP contribution in [0.25, 0.3) is 10.9 Å². The highest BCUT2D eigenvalue weighted by molar-refractivity contribution is 14.0. The smallest absolute Gasteiger partial charge is 0.191 e. The summed E-state index contributed by atoms with van der Waals surface area (Å²) < 4.78 is 36.0. The number of aromatic amines is 1. The third-order valence-electron chi connectivity index (χ3n) is 4.52. The molecule has 9 heteroatoms. The molecule has 0 bridgehead atoms. The molecule has 0 atom stereocenters. The number of guanidine groups is 1. The van der Waals surface area contributed by atoms with Crippen LogP contribution in [0.15, 0.2) is 29.4 Å². The van der Waals surface area contributed by atoms with E-state index in [-0.39, 0.29) is 41.0 Å². The Bertz CT molecular complexity index is 910. The van der Waals surface area contributed by atoms with E-state index < -0.39 is 9.84 Å². The van der Waals surface area contributed by atoms with Crippen LogP contribution in [0.3, 0.4) is 0 Å². The summed E-state index contributed by atoms with van der Waals surface area (Å²) in [5, 5.41) is 7.54. The van der Waals surface area contributed by atoms with Crippen LogP contribution in [0.5, 0.6) is 0 Å². The van der Waals surface area contributed by atoms with Gasteiger partial charge in [0.2, 0.25) is 0 Å². The number of aliphatic imine (C=N–C) groups is 1. The number of hydrogen-bond acceptors (Lipinski definition) is 3. The van der Waals surface area contributed by atoms with Crippen molar-refractivity contribution in [1.29, 1.82) is 0 Å². The number of rotatable bonds is 8. The molecule has 2 aromatic rings. The van der Waals surface area contributed by atoms with Gasteiger partial charge in [0.15, 0.2) is 5.96 Å². The highest BCUT2D eigenvalue weighted by Gasteiger charge is 2.20. The molecule has 158 valence electrons. The summed E-state index contributed by atoms with van der Waals surface area (Å²) in [7, 11) is -1.26. The molecule has 28 heavy (non-hydrogen) atoms. The molecule has 0 saturated heterocycles. The zero-order valence-electron chi connectivity index (χ0n) is 16.8. The van der Waals surface area contributed by atoms with Crippen LogP contribution in [0.2, 0.25) is 0 Å². The Kier molecular flexibility index (Phi) is 9.19. The Morgan fingerprint density at radius 1 is 1.29 bits per heavy atom. The second-order valence-electron chi connectivity index (χ2n) is 7.65. The van der Waals surface area contributed by atoms with E-state index in [4.69, 9.17) is 0 Å². The topological polar surface area (TPSA) is 86.3 Å². The number of benzene rings is 1. The molecule has 0 saturated carbocycles. The van der Waals surface area contributed by atoms with Gasteiger partial charge in [0.05, 0.1) is 5.75 Å². The zero-order chi connectivity index (χ0) is 20.1. The highest BCUT2D eigenvalue weighted by Crippen LogP contribution is 2.20. The molecule has 0 amide bonds. The summed E-state index contributed by atoms with van der Waals surface area (Å²) in [5.41, 5.74) is 1.74. The fourth-order valence-corrected chi connectivity index (χ4v) is 3.70. The lowest BCUT2D eigenvalue weighted by Crippen LogP contribution is -2.43. The lowest BCUT2D eigenvalue weighted by molar-refractivity contribution is 0.348. The number of nitrogens with zero attached hydrogens (tertiary/aromatic N) is 1. The third-order valence-corrected chi connectivity index (χ3v) is 5.47. The van der Waals surface area contributed by atoms with Gasteiger partial charge in [-0.05, 0) is 42.0 Å². The summed E-state index contributed by atoms with van der Waals surface area (Å²) in [6, 6.07) is 4.74. The van der Waals surface area contributed by atoms with Gasteiger partial charge in [-0.25, -0.2) is 12.8 Å². The molecular formula is C19H30FIN4O2S. The third kappa shape index (κ3) is 7.94. The second kappa shape index (κ2) is 10.4. The van der Waals surface area contributed by atoms with Gasteiger partial charge in [-0.15, -0.1) is 24.0 Å². The van der Waals surface area contributed by atoms with Gasteiger partial charge < -0.3 is 15.6 Å². The predicted molar refractivity (Wildman–Crippen MR) is 125 cm³/mol. The van der Waals surface area contributed by atoms with Crippen LogP contribution in [0.4, 0.5) is 4.39 Å². The maximum Gasteiger partial charge on any atom is 0.191 e. The number of H-pyrrole nitrogens is 1. The van der Waals surface area contributed by atoms with Gasteiger partial charge in [-0.1, -0.05) is 13.8 Å². The molecule has 2 rings (SSSR count). The van der Waals surface area contributed by atoms with Gasteiger partial charge in [0, 0.05) is 43.5 Å². The summed E-state index contributed by atoms with van der Waals surface area (Å²) in [5.74, 6) is 0.597. The van der Waals surface area contributed by atoms with E-state index in [1.165, 1.54) is 18.4 Å². The Hall–Kier alpha value is -1.36. The van der Waals surface area contributed by atoms with E-state index in [2.05, 4.69) is 20.6 Å². The standard InChI is InChI=1S/C19H29FN4O2S.HI/c1-19(2,8-10-27(4,25)26)13-24-18(21-3)22-9-7-14-12-23-17-11-15(20)5-6-16(14)17;/h5-6,11-12,23H,7-10,13H2,1-4H3,(H2,21,22,24);1H. The number of hydrogen-bond donors (Lipinski definition) is 3. The monoisotopic (exact) mass is 524 g/mol. The van der Waals surface area contributed by atoms with Crippen molar-refractivity contribution in [2.75, 3.05) is 32.1 Å². The van der Waals surface area contributed by atoms with E-state index in [1.807, 2.05) is 20.0 Å². The van der Waals surface area contributed by atoms with Crippen molar-refractivity contribution in [3.05, 3.63) is 35.8 Å². The van der Waals surface area contributed by atoms with Crippen LogP contribution in [0.1, 0.15) is 25.8 Å². The minimum absolute atomic E-state index is 0. The van der Waals surface area contributed by atoms with Gasteiger partial charge in [-0.3, -0.25) is 4.99 Å². The summed E-state index contributed by atoms with van der Waals surface area (Å²) in [6.07, 6.45) is 4.51. The Morgan fingerprint density at radius 3 is 2.64 bits per heavy atom. The SMILES string of the molecule is CN=C(NCCc1c[nH]c2cc(F)ccc12)NCC(C)(C)CCS(C)(=O)=O.I. The molecule has 0 aliphatic heterocycles. The molecule has 3 N–H and O–H groups in total. The van der Waals surface area contributed by atoms with E-state index in [0.717, 1.165) is 22.9 Å². The van der Waals surface area contributed by atoms with Crippen LogP contribution in [-0.4, -0.2) is 51.5 Å². The van der Waals surface area contributed by atoms with E-state index in [1.54, 1.807) is 13.1 Å². The second-order valence-corrected chi connectivity index (χ2v) is 9.91. The average molecular weight is 524 g/mol. The summed E-state index contributed by atoms with van der Waals surface area (Å²) in [6.45, 7) is 5.36. The van der Waals surface area contributed by atoms with Crippen LogP contribution in [-0.2, 0) is 16.3 Å². The Morgan fingerprint density at radius 2 is 2.00 bits per heavy atom. The lowest BCUT2D eigenvalue weighted by atomic mass is 9.90. The zero-order valence-corrected chi connectivity index (χ0v) is 19.9. The molecular weight excluding hydrogens is 494 g/mol. The van der Waals surface area contributed by atoms with Crippen molar-refractivity contribution in [1.82, 2.24) is 15.6 Å². The van der Waals surface area contributed by atoms with E-state index in [0.29, 0.717) is 25.5 Å². The normalized spacial score (nSPS) is 12.7. The first-order valence-corrected chi connectivity index (χ1v) is 11.0. The van der Waals surface area contributed by atoms with Gasteiger partial charge in [-0.2, -0.15) is 0 Å². The number of sulfone groups is 1. The Balaban J connectivity index is 0.00000392. The highest BCUT2D eigenvalue weighted by atomic mass is 127.